The van der Waals surface area contributed by atoms with Gasteiger partial charge in [-0.15, -0.1) is 0 Å². The van der Waals surface area contributed by atoms with Crippen LogP contribution in [0.1, 0.15) is 55.2 Å². The van der Waals surface area contributed by atoms with Crippen LogP contribution in [-0.2, 0) is 25.7 Å². The number of carboxylic acid groups (broad SMARTS) is 1. The fourth-order valence-electron chi connectivity index (χ4n) is 6.21. The number of carboxylic acids is 1. The largest absolute Gasteiger partial charge is 0.481 e. The summed E-state index contributed by atoms with van der Waals surface area (Å²) < 4.78 is 11.7. The second-order valence-electron chi connectivity index (χ2n) is 11.3. The minimum Gasteiger partial charge on any atom is -0.481 e. The first-order valence-corrected chi connectivity index (χ1v) is 14.7. The summed E-state index contributed by atoms with van der Waals surface area (Å²) in [5.74, 6) is -0.906. The number of benzene rings is 3. The van der Waals surface area contributed by atoms with Crippen molar-refractivity contribution in [2.75, 3.05) is 13.2 Å². The van der Waals surface area contributed by atoms with Crippen LogP contribution in [0.3, 0.4) is 0 Å². The molecule has 2 aliphatic rings. The normalized spacial score (nSPS) is 18.9. The van der Waals surface area contributed by atoms with Crippen molar-refractivity contribution in [2.45, 2.75) is 57.3 Å². The molecule has 0 saturated heterocycles. The zero-order chi connectivity index (χ0) is 29.5. The third kappa shape index (κ3) is 7.18. The minimum absolute atomic E-state index is 0.0942. The average Bonchev–Trinajstić information content (AvgIpc) is 3.58. The molecule has 0 spiro atoms. The van der Waals surface area contributed by atoms with E-state index in [9.17, 15) is 14.4 Å². The highest BCUT2D eigenvalue weighted by Crippen LogP contribution is 2.44. The Hall–Kier alpha value is -4.17. The van der Waals surface area contributed by atoms with Crippen molar-refractivity contribution in [1.29, 1.82) is 0 Å². The van der Waals surface area contributed by atoms with Gasteiger partial charge in [0.25, 0.3) is 0 Å². The van der Waals surface area contributed by atoms with Crippen LogP contribution in [0.15, 0.2) is 78.9 Å². The van der Waals surface area contributed by atoms with Gasteiger partial charge in [-0.3, -0.25) is 9.59 Å². The Balaban J connectivity index is 1.21. The topological polar surface area (TPSA) is 114 Å². The molecule has 1 fully saturated rings. The van der Waals surface area contributed by atoms with E-state index in [1.54, 1.807) is 6.92 Å². The highest BCUT2D eigenvalue weighted by molar-refractivity contribution is 5.86. The maximum atomic E-state index is 13.4. The van der Waals surface area contributed by atoms with Crippen LogP contribution < -0.4 is 10.6 Å². The lowest BCUT2D eigenvalue weighted by Crippen LogP contribution is -2.53. The Labute approximate surface area is 246 Å². The quantitative estimate of drug-likeness (QED) is 0.265. The van der Waals surface area contributed by atoms with E-state index in [2.05, 4.69) is 34.9 Å². The third-order valence-corrected chi connectivity index (χ3v) is 8.40. The number of alkyl carbamates (subject to hydrolysis) is 1. The van der Waals surface area contributed by atoms with Gasteiger partial charge >= 0.3 is 12.1 Å². The molecule has 2 amide bonds. The number of ether oxygens (including phenoxy) is 2. The van der Waals surface area contributed by atoms with Gasteiger partial charge in [0.05, 0.1) is 12.7 Å². The van der Waals surface area contributed by atoms with E-state index in [1.807, 2.05) is 54.6 Å². The lowest BCUT2D eigenvalue weighted by Gasteiger charge is -2.25. The Kier molecular flexibility index (Phi) is 9.54. The van der Waals surface area contributed by atoms with E-state index >= 15 is 0 Å². The molecule has 1 saturated carbocycles. The highest BCUT2D eigenvalue weighted by atomic mass is 16.5. The number of fused-ring (bicyclic) bond motifs is 3. The summed E-state index contributed by atoms with van der Waals surface area (Å²) in [4.78, 5) is 37.6. The van der Waals surface area contributed by atoms with Gasteiger partial charge in [-0.2, -0.15) is 0 Å². The van der Waals surface area contributed by atoms with Crippen LogP contribution >= 0.6 is 0 Å². The number of carbonyl (C=O) groups excluding carboxylic acids is 2. The van der Waals surface area contributed by atoms with Crippen molar-refractivity contribution in [1.82, 2.24) is 10.6 Å². The number of amides is 2. The number of carbonyl (C=O) groups is 3. The predicted octanol–water partition coefficient (Wildman–Crippen LogP) is 5.51. The number of rotatable bonds is 12. The van der Waals surface area contributed by atoms with Crippen molar-refractivity contribution >= 4 is 18.0 Å². The second-order valence-corrected chi connectivity index (χ2v) is 11.3. The fraction of sp³-hybridized carbons (Fsp3) is 0.382. The molecular weight excluding hydrogens is 532 g/mol. The SMILES string of the molecule is CC(OCc1ccccc1)C(NC(=O)OCC1c2ccccc2-c2ccccc21)C(=O)NCC1CCC(CC(=O)O)C1. The maximum Gasteiger partial charge on any atom is 0.407 e. The van der Waals surface area contributed by atoms with Gasteiger partial charge < -0.3 is 25.2 Å². The Morgan fingerprint density at radius 2 is 1.50 bits per heavy atom. The first-order valence-electron chi connectivity index (χ1n) is 14.7. The third-order valence-electron chi connectivity index (χ3n) is 8.40. The van der Waals surface area contributed by atoms with Gasteiger partial charge in [-0.05, 0) is 65.8 Å². The van der Waals surface area contributed by atoms with Crippen LogP contribution in [0, 0.1) is 11.8 Å². The van der Waals surface area contributed by atoms with Crippen LogP contribution in [0.4, 0.5) is 4.79 Å². The average molecular weight is 571 g/mol. The Morgan fingerprint density at radius 3 is 2.17 bits per heavy atom. The molecule has 220 valence electrons. The van der Waals surface area contributed by atoms with Crippen molar-refractivity contribution in [3.05, 3.63) is 95.6 Å². The van der Waals surface area contributed by atoms with Crippen LogP contribution in [0.5, 0.6) is 0 Å². The zero-order valence-corrected chi connectivity index (χ0v) is 23.8. The molecule has 8 heteroatoms. The fourth-order valence-corrected chi connectivity index (χ4v) is 6.21. The lowest BCUT2D eigenvalue weighted by molar-refractivity contribution is -0.138. The predicted molar refractivity (Wildman–Crippen MR) is 159 cm³/mol. The van der Waals surface area contributed by atoms with Crippen molar-refractivity contribution < 1.29 is 29.0 Å². The first-order chi connectivity index (χ1) is 20.4. The Morgan fingerprint density at radius 1 is 0.881 bits per heavy atom. The molecule has 0 bridgehead atoms. The molecular formula is C34H38N2O6. The summed E-state index contributed by atoms with van der Waals surface area (Å²) in [6, 6.07) is 24.9. The molecule has 4 atom stereocenters. The van der Waals surface area contributed by atoms with Crippen LogP contribution in [-0.4, -0.2) is 48.4 Å². The van der Waals surface area contributed by atoms with Gasteiger partial charge in [-0.25, -0.2) is 4.79 Å². The van der Waals surface area contributed by atoms with Gasteiger partial charge in [0.1, 0.15) is 12.6 Å². The molecule has 42 heavy (non-hydrogen) atoms. The lowest BCUT2D eigenvalue weighted by atomic mass is 9.98. The zero-order valence-electron chi connectivity index (χ0n) is 23.8. The minimum atomic E-state index is -0.972. The number of aliphatic carboxylic acids is 1. The molecule has 0 aromatic heterocycles. The van der Waals surface area contributed by atoms with E-state index < -0.39 is 24.2 Å². The summed E-state index contributed by atoms with van der Waals surface area (Å²) >= 11 is 0. The van der Waals surface area contributed by atoms with Crippen LogP contribution in [0.25, 0.3) is 11.1 Å². The number of nitrogens with one attached hydrogen (secondary N) is 2. The highest BCUT2D eigenvalue weighted by Gasteiger charge is 2.33. The first kappa shape index (κ1) is 29.3. The standard InChI is InChI=1S/C34H38N2O6/c1-22(41-20-23-9-3-2-4-10-23)32(33(39)35-19-25-16-15-24(17-25)18-31(37)38)36-34(40)42-21-30-28-13-7-5-11-26(28)27-12-6-8-14-29(27)30/h2-14,22,24-25,30,32H,15-21H2,1H3,(H,35,39)(H,36,40)(H,37,38). The van der Waals surface area contributed by atoms with Gasteiger partial charge in [0.15, 0.2) is 0 Å². The molecule has 0 radical (unpaired) electrons. The van der Waals surface area contributed by atoms with E-state index in [0.717, 1.165) is 47.1 Å². The van der Waals surface area contributed by atoms with Crippen LogP contribution in [0.2, 0.25) is 0 Å². The van der Waals surface area contributed by atoms with Crippen molar-refractivity contribution in [3.63, 3.8) is 0 Å². The molecule has 3 aromatic rings. The summed E-state index contributed by atoms with van der Waals surface area (Å²) in [6.45, 7) is 2.61. The number of hydrogen-bond acceptors (Lipinski definition) is 5. The van der Waals surface area contributed by atoms with E-state index in [-0.39, 0.29) is 43.3 Å². The summed E-state index contributed by atoms with van der Waals surface area (Å²) in [5.41, 5.74) is 5.45. The molecule has 4 unspecified atom stereocenters. The molecule has 5 rings (SSSR count). The van der Waals surface area contributed by atoms with E-state index in [0.29, 0.717) is 6.54 Å². The summed E-state index contributed by atoms with van der Waals surface area (Å²) in [5, 5.41) is 14.8. The van der Waals surface area contributed by atoms with Crippen molar-refractivity contribution in [2.24, 2.45) is 11.8 Å². The molecule has 0 heterocycles. The van der Waals surface area contributed by atoms with Gasteiger partial charge in [0.2, 0.25) is 5.91 Å². The van der Waals surface area contributed by atoms with Gasteiger partial charge in [-0.1, -0.05) is 78.9 Å². The second kappa shape index (κ2) is 13.7. The van der Waals surface area contributed by atoms with E-state index in [4.69, 9.17) is 14.6 Å². The maximum absolute atomic E-state index is 13.4. The van der Waals surface area contributed by atoms with E-state index in [1.165, 1.54) is 0 Å². The molecule has 0 aliphatic heterocycles. The summed E-state index contributed by atoms with van der Waals surface area (Å²) in [7, 11) is 0. The summed E-state index contributed by atoms with van der Waals surface area (Å²) in [6.07, 6.45) is 1.30. The molecule has 8 nitrogen and oxygen atoms in total. The molecule has 3 N–H and O–H groups in total. The molecule has 2 aliphatic carbocycles. The number of hydrogen-bond donors (Lipinski definition) is 3. The smallest absolute Gasteiger partial charge is 0.407 e. The monoisotopic (exact) mass is 570 g/mol. The van der Waals surface area contributed by atoms with Crippen molar-refractivity contribution in [3.8, 4) is 11.1 Å². The molecule has 3 aromatic carbocycles. The van der Waals surface area contributed by atoms with Gasteiger partial charge in [0, 0.05) is 18.9 Å². The Bertz CT molecular complexity index is 1350.